The van der Waals surface area contributed by atoms with Crippen LogP contribution in [0.25, 0.3) is 0 Å². The molecule has 27 heavy (non-hydrogen) atoms. The highest BCUT2D eigenvalue weighted by atomic mass is 79.9. The lowest BCUT2D eigenvalue weighted by Gasteiger charge is -2.38. The maximum Gasteiger partial charge on any atom is 0.172 e. The van der Waals surface area contributed by atoms with Crippen molar-refractivity contribution in [3.63, 3.8) is 0 Å². The van der Waals surface area contributed by atoms with E-state index < -0.39 is 0 Å². The van der Waals surface area contributed by atoms with Crippen molar-refractivity contribution in [1.29, 1.82) is 0 Å². The first kappa shape index (κ1) is 20.5. The molecule has 0 unspecified atom stereocenters. The summed E-state index contributed by atoms with van der Waals surface area (Å²) in [6, 6.07) is 6.69. The summed E-state index contributed by atoms with van der Waals surface area (Å²) in [6.45, 7) is 3.87. The average Bonchev–Trinajstić information content (AvgIpc) is 2.68. The number of hydrogen-bond acceptors (Lipinski definition) is 3. The predicted octanol–water partition coefficient (Wildman–Crippen LogP) is 4.98. The summed E-state index contributed by atoms with van der Waals surface area (Å²) in [5, 5.41) is 7.46. The van der Waals surface area contributed by atoms with Crippen LogP contribution < -0.4 is 10.6 Å². The van der Waals surface area contributed by atoms with Crippen molar-refractivity contribution in [3.05, 3.63) is 56.9 Å². The van der Waals surface area contributed by atoms with E-state index in [-0.39, 0.29) is 11.2 Å². The number of anilines is 1. The van der Waals surface area contributed by atoms with Gasteiger partial charge in [0.2, 0.25) is 0 Å². The SMILES string of the molecule is Cc1c(Cl)cnc(NC(=S)NCC2(c3ccc(F)cc3)CCOCC2)c1Br. The van der Waals surface area contributed by atoms with Crippen molar-refractivity contribution in [3.8, 4) is 0 Å². The summed E-state index contributed by atoms with van der Waals surface area (Å²) < 4.78 is 19.7. The molecule has 0 atom stereocenters. The van der Waals surface area contributed by atoms with E-state index in [1.165, 1.54) is 12.1 Å². The molecule has 1 aromatic carbocycles. The number of halogens is 3. The van der Waals surface area contributed by atoms with E-state index in [1.807, 2.05) is 19.1 Å². The highest BCUT2D eigenvalue weighted by Crippen LogP contribution is 2.34. The van der Waals surface area contributed by atoms with Gasteiger partial charge in [0.05, 0.1) is 9.50 Å². The van der Waals surface area contributed by atoms with Gasteiger partial charge in [-0.05, 0) is 71.2 Å². The summed E-state index contributed by atoms with van der Waals surface area (Å²) in [4.78, 5) is 4.28. The Morgan fingerprint density at radius 3 is 2.67 bits per heavy atom. The number of ether oxygens (including phenoxy) is 1. The van der Waals surface area contributed by atoms with Gasteiger partial charge in [0.25, 0.3) is 0 Å². The van der Waals surface area contributed by atoms with Gasteiger partial charge in [-0.2, -0.15) is 0 Å². The standard InChI is InChI=1S/C19H20BrClFN3OS/c1-12-15(21)10-23-17(16(12)20)25-18(27)24-11-19(6-8-26-9-7-19)13-2-4-14(22)5-3-13/h2-5,10H,6-9,11H2,1H3,(H2,23,24,25,27). The minimum atomic E-state index is -0.236. The molecule has 1 aliphatic rings. The summed E-state index contributed by atoms with van der Waals surface area (Å²) >= 11 is 15.0. The Morgan fingerprint density at radius 1 is 1.33 bits per heavy atom. The van der Waals surface area contributed by atoms with Gasteiger partial charge in [0.1, 0.15) is 11.6 Å². The van der Waals surface area contributed by atoms with Crippen LogP contribution in [0.2, 0.25) is 5.02 Å². The third-order valence-electron chi connectivity index (χ3n) is 4.93. The minimum absolute atomic E-state index is 0.155. The first-order valence-corrected chi connectivity index (χ1v) is 10.2. The molecule has 2 heterocycles. The third-order valence-corrected chi connectivity index (χ3v) is 6.53. The second-order valence-corrected chi connectivity index (χ2v) is 8.21. The smallest absolute Gasteiger partial charge is 0.172 e. The maximum absolute atomic E-state index is 13.3. The van der Waals surface area contributed by atoms with Crippen molar-refractivity contribution in [2.24, 2.45) is 0 Å². The Morgan fingerprint density at radius 2 is 2.00 bits per heavy atom. The summed E-state index contributed by atoms with van der Waals surface area (Å²) in [6.07, 6.45) is 3.28. The van der Waals surface area contributed by atoms with E-state index in [4.69, 9.17) is 28.6 Å². The first-order valence-electron chi connectivity index (χ1n) is 8.60. The topological polar surface area (TPSA) is 46.2 Å². The molecule has 3 rings (SSSR count). The second-order valence-electron chi connectivity index (χ2n) is 6.60. The van der Waals surface area contributed by atoms with Gasteiger partial charge in [-0.3, -0.25) is 0 Å². The molecular formula is C19H20BrClFN3OS. The zero-order valence-corrected chi connectivity index (χ0v) is 18.0. The van der Waals surface area contributed by atoms with E-state index in [2.05, 4.69) is 31.5 Å². The van der Waals surface area contributed by atoms with Crippen molar-refractivity contribution >= 4 is 50.7 Å². The number of benzene rings is 1. The Balaban J connectivity index is 1.71. The molecule has 1 aliphatic heterocycles. The summed E-state index contributed by atoms with van der Waals surface area (Å²) in [5.74, 6) is 0.373. The van der Waals surface area contributed by atoms with E-state index in [0.29, 0.717) is 35.7 Å². The molecule has 1 saturated heterocycles. The van der Waals surface area contributed by atoms with E-state index in [1.54, 1.807) is 6.20 Å². The van der Waals surface area contributed by atoms with Crippen LogP contribution in [0, 0.1) is 12.7 Å². The molecule has 0 saturated carbocycles. The fourth-order valence-corrected chi connectivity index (χ4v) is 4.02. The molecule has 0 amide bonds. The normalized spacial score (nSPS) is 16.0. The number of hydrogen-bond donors (Lipinski definition) is 2. The largest absolute Gasteiger partial charge is 0.381 e. The molecule has 0 spiro atoms. The minimum Gasteiger partial charge on any atom is -0.381 e. The number of pyridine rings is 1. The van der Waals surface area contributed by atoms with Gasteiger partial charge < -0.3 is 15.4 Å². The zero-order valence-electron chi connectivity index (χ0n) is 14.8. The molecule has 2 aromatic rings. The van der Waals surface area contributed by atoms with Crippen LogP contribution in [-0.4, -0.2) is 29.9 Å². The third kappa shape index (κ3) is 4.77. The predicted molar refractivity (Wildman–Crippen MR) is 114 cm³/mol. The van der Waals surface area contributed by atoms with Gasteiger partial charge in [-0.25, -0.2) is 9.37 Å². The molecule has 0 aliphatic carbocycles. The lowest BCUT2D eigenvalue weighted by Crippen LogP contribution is -2.45. The van der Waals surface area contributed by atoms with Gasteiger partial charge in [-0.1, -0.05) is 23.7 Å². The van der Waals surface area contributed by atoms with Gasteiger partial charge in [0, 0.05) is 31.4 Å². The average molecular weight is 473 g/mol. The van der Waals surface area contributed by atoms with E-state index in [0.717, 1.165) is 28.4 Å². The Kier molecular flexibility index (Phi) is 6.68. The highest BCUT2D eigenvalue weighted by Gasteiger charge is 2.34. The number of rotatable bonds is 4. The first-order chi connectivity index (χ1) is 12.9. The monoisotopic (exact) mass is 471 g/mol. The number of aromatic nitrogens is 1. The molecule has 0 bridgehead atoms. The summed E-state index contributed by atoms with van der Waals surface area (Å²) in [7, 11) is 0. The van der Waals surface area contributed by atoms with E-state index >= 15 is 0 Å². The molecule has 144 valence electrons. The summed E-state index contributed by atoms with van der Waals surface area (Å²) in [5.41, 5.74) is 1.83. The van der Waals surface area contributed by atoms with Crippen LogP contribution in [-0.2, 0) is 10.2 Å². The number of nitrogens with zero attached hydrogens (tertiary/aromatic N) is 1. The van der Waals surface area contributed by atoms with Gasteiger partial charge >= 0.3 is 0 Å². The van der Waals surface area contributed by atoms with E-state index in [9.17, 15) is 4.39 Å². The van der Waals surface area contributed by atoms with Crippen LogP contribution in [0.4, 0.5) is 10.2 Å². The Bertz CT molecular complexity index is 828. The van der Waals surface area contributed by atoms with Crippen molar-refractivity contribution < 1.29 is 9.13 Å². The Labute approximate surface area is 177 Å². The molecule has 0 radical (unpaired) electrons. The van der Waals surface area contributed by atoms with Crippen LogP contribution in [0.3, 0.4) is 0 Å². The fourth-order valence-electron chi connectivity index (χ4n) is 3.18. The Hall–Kier alpha value is -1.28. The number of thiocarbonyl (C=S) groups is 1. The highest BCUT2D eigenvalue weighted by molar-refractivity contribution is 9.10. The van der Waals surface area contributed by atoms with Crippen LogP contribution in [0.15, 0.2) is 34.9 Å². The lowest BCUT2D eigenvalue weighted by molar-refractivity contribution is 0.0515. The molecule has 8 heteroatoms. The fraction of sp³-hybridized carbons (Fsp3) is 0.368. The van der Waals surface area contributed by atoms with Gasteiger partial charge in [0.15, 0.2) is 5.11 Å². The van der Waals surface area contributed by atoms with Crippen LogP contribution in [0.1, 0.15) is 24.0 Å². The van der Waals surface area contributed by atoms with Crippen molar-refractivity contribution in [2.75, 3.05) is 25.1 Å². The van der Waals surface area contributed by atoms with Crippen molar-refractivity contribution in [2.45, 2.75) is 25.2 Å². The van der Waals surface area contributed by atoms with Crippen LogP contribution >= 0.6 is 39.7 Å². The second kappa shape index (κ2) is 8.82. The maximum atomic E-state index is 13.3. The van der Waals surface area contributed by atoms with Crippen molar-refractivity contribution in [1.82, 2.24) is 10.3 Å². The molecule has 1 aromatic heterocycles. The van der Waals surface area contributed by atoms with Crippen LogP contribution in [0.5, 0.6) is 0 Å². The number of nitrogens with one attached hydrogen (secondary N) is 2. The lowest BCUT2D eigenvalue weighted by atomic mass is 9.74. The molecule has 4 nitrogen and oxygen atoms in total. The molecule has 2 N–H and O–H groups in total. The van der Waals surface area contributed by atoms with Gasteiger partial charge in [-0.15, -0.1) is 0 Å². The molecule has 1 fully saturated rings. The molecular weight excluding hydrogens is 453 g/mol. The quantitative estimate of drug-likeness (QED) is 0.615. The zero-order chi connectivity index (χ0) is 19.4.